The third kappa shape index (κ3) is 4.47. The van der Waals surface area contributed by atoms with E-state index in [2.05, 4.69) is 0 Å². The SMILES string of the molecule is Cc1cc(S(=O)(=O)Cl)ccc1OC(=O)OCc1ccccc1. The van der Waals surface area contributed by atoms with Crippen molar-refractivity contribution in [1.82, 2.24) is 0 Å². The van der Waals surface area contributed by atoms with Crippen molar-refractivity contribution in [3.63, 3.8) is 0 Å². The van der Waals surface area contributed by atoms with E-state index in [1.165, 1.54) is 18.2 Å². The Morgan fingerprint density at radius 3 is 2.41 bits per heavy atom. The Bertz CT molecular complexity index is 772. The third-order valence-electron chi connectivity index (χ3n) is 2.82. The van der Waals surface area contributed by atoms with Gasteiger partial charge >= 0.3 is 6.16 Å². The van der Waals surface area contributed by atoms with Crippen LogP contribution in [0.2, 0.25) is 0 Å². The third-order valence-corrected chi connectivity index (χ3v) is 4.17. The fraction of sp³-hybridized carbons (Fsp3) is 0.133. The number of carbonyl (C=O) groups excluding carboxylic acids is 1. The predicted octanol–water partition coefficient (Wildman–Crippen LogP) is 3.64. The molecule has 0 heterocycles. The summed E-state index contributed by atoms with van der Waals surface area (Å²) in [4.78, 5) is 11.6. The zero-order valence-corrected chi connectivity index (χ0v) is 13.2. The number of aryl methyl sites for hydroxylation is 1. The van der Waals surface area contributed by atoms with Gasteiger partial charge in [0.25, 0.3) is 9.05 Å². The van der Waals surface area contributed by atoms with Gasteiger partial charge in [-0.05, 0) is 36.2 Å². The fourth-order valence-corrected chi connectivity index (χ4v) is 2.56. The maximum Gasteiger partial charge on any atom is 0.514 e. The van der Waals surface area contributed by atoms with Gasteiger partial charge in [-0.3, -0.25) is 0 Å². The number of ether oxygens (including phenoxy) is 2. The molecule has 0 aliphatic heterocycles. The van der Waals surface area contributed by atoms with Gasteiger partial charge in [-0.2, -0.15) is 0 Å². The molecule has 2 aromatic rings. The van der Waals surface area contributed by atoms with Crippen molar-refractivity contribution in [2.45, 2.75) is 18.4 Å². The molecule has 7 heteroatoms. The maximum absolute atomic E-state index is 11.6. The Labute approximate surface area is 132 Å². The first-order valence-corrected chi connectivity index (χ1v) is 8.61. The van der Waals surface area contributed by atoms with Gasteiger partial charge in [-0.25, -0.2) is 13.2 Å². The molecule has 22 heavy (non-hydrogen) atoms. The van der Waals surface area contributed by atoms with Crippen LogP contribution in [-0.2, 0) is 20.4 Å². The largest absolute Gasteiger partial charge is 0.514 e. The van der Waals surface area contributed by atoms with E-state index < -0.39 is 15.2 Å². The highest BCUT2D eigenvalue weighted by Crippen LogP contribution is 2.24. The summed E-state index contributed by atoms with van der Waals surface area (Å²) in [6, 6.07) is 13.1. The summed E-state index contributed by atoms with van der Waals surface area (Å²) in [6.07, 6.45) is -0.867. The number of hydrogen-bond donors (Lipinski definition) is 0. The lowest BCUT2D eigenvalue weighted by Gasteiger charge is -2.09. The molecule has 2 rings (SSSR count). The average Bonchev–Trinajstić information content (AvgIpc) is 2.47. The molecule has 0 saturated heterocycles. The topological polar surface area (TPSA) is 69.7 Å². The zero-order chi connectivity index (χ0) is 16.2. The van der Waals surface area contributed by atoms with Crippen molar-refractivity contribution < 1.29 is 22.7 Å². The van der Waals surface area contributed by atoms with Crippen molar-refractivity contribution in [1.29, 1.82) is 0 Å². The second-order valence-corrected chi connectivity index (χ2v) is 7.06. The smallest absolute Gasteiger partial charge is 0.429 e. The average molecular weight is 341 g/mol. The van der Waals surface area contributed by atoms with Gasteiger partial charge in [0.05, 0.1) is 4.90 Å². The molecule has 116 valence electrons. The molecule has 0 bridgehead atoms. The van der Waals surface area contributed by atoms with Gasteiger partial charge in [-0.15, -0.1) is 0 Å². The molecular formula is C15H13ClO5S. The lowest BCUT2D eigenvalue weighted by Crippen LogP contribution is -2.11. The molecule has 0 saturated carbocycles. The molecule has 0 unspecified atom stereocenters. The number of benzene rings is 2. The summed E-state index contributed by atoms with van der Waals surface area (Å²) in [5.41, 5.74) is 1.29. The van der Waals surface area contributed by atoms with E-state index in [1.807, 2.05) is 30.3 Å². The van der Waals surface area contributed by atoms with Crippen molar-refractivity contribution in [2.24, 2.45) is 0 Å². The van der Waals surface area contributed by atoms with Gasteiger partial charge in [0, 0.05) is 10.7 Å². The first kappa shape index (κ1) is 16.3. The lowest BCUT2D eigenvalue weighted by molar-refractivity contribution is 0.0925. The molecule has 0 spiro atoms. The van der Waals surface area contributed by atoms with Crippen molar-refractivity contribution >= 4 is 25.9 Å². The van der Waals surface area contributed by atoms with Gasteiger partial charge < -0.3 is 9.47 Å². The standard InChI is InChI=1S/C15H13ClO5S/c1-11-9-13(22(16,18)19)7-8-14(11)21-15(17)20-10-12-5-3-2-4-6-12/h2-9H,10H2,1H3. The highest BCUT2D eigenvalue weighted by atomic mass is 35.7. The molecule has 0 fully saturated rings. The quantitative estimate of drug-likeness (QED) is 0.483. The molecule has 0 aliphatic carbocycles. The Balaban J connectivity index is 2.00. The zero-order valence-electron chi connectivity index (χ0n) is 11.7. The predicted molar refractivity (Wildman–Crippen MR) is 81.5 cm³/mol. The maximum atomic E-state index is 11.6. The molecule has 5 nitrogen and oxygen atoms in total. The van der Waals surface area contributed by atoms with Gasteiger partial charge in [-0.1, -0.05) is 30.3 Å². The van der Waals surface area contributed by atoms with Crippen LogP contribution in [0.5, 0.6) is 5.75 Å². The second-order valence-electron chi connectivity index (χ2n) is 4.49. The van der Waals surface area contributed by atoms with E-state index in [4.69, 9.17) is 20.2 Å². The summed E-state index contributed by atoms with van der Waals surface area (Å²) in [5.74, 6) is 0.210. The number of rotatable bonds is 4. The summed E-state index contributed by atoms with van der Waals surface area (Å²) in [6.45, 7) is 1.69. The number of carbonyl (C=O) groups is 1. The molecule has 2 aromatic carbocycles. The lowest BCUT2D eigenvalue weighted by atomic mass is 10.2. The van der Waals surface area contributed by atoms with Crippen molar-refractivity contribution in [2.75, 3.05) is 0 Å². The van der Waals surface area contributed by atoms with Crippen LogP contribution in [0.4, 0.5) is 4.79 Å². The van der Waals surface area contributed by atoms with E-state index in [1.54, 1.807) is 6.92 Å². The first-order valence-electron chi connectivity index (χ1n) is 6.30. The fourth-order valence-electron chi connectivity index (χ4n) is 1.72. The minimum Gasteiger partial charge on any atom is -0.429 e. The minimum absolute atomic E-state index is 0.0586. The van der Waals surface area contributed by atoms with Crippen LogP contribution in [0.15, 0.2) is 53.4 Å². The van der Waals surface area contributed by atoms with E-state index in [-0.39, 0.29) is 17.3 Å². The Morgan fingerprint density at radius 1 is 1.14 bits per heavy atom. The van der Waals surface area contributed by atoms with Crippen LogP contribution >= 0.6 is 10.7 Å². The number of hydrogen-bond acceptors (Lipinski definition) is 5. The van der Waals surface area contributed by atoms with Crippen LogP contribution < -0.4 is 4.74 Å². The van der Waals surface area contributed by atoms with Crippen LogP contribution in [-0.4, -0.2) is 14.6 Å². The van der Waals surface area contributed by atoms with Gasteiger partial charge in [0.15, 0.2) is 0 Å². The second kappa shape index (κ2) is 6.81. The summed E-state index contributed by atoms with van der Waals surface area (Å²) in [5, 5.41) is 0. The summed E-state index contributed by atoms with van der Waals surface area (Å²) >= 11 is 0. The van der Waals surface area contributed by atoms with Crippen molar-refractivity contribution in [3.05, 3.63) is 59.7 Å². The summed E-state index contributed by atoms with van der Waals surface area (Å²) in [7, 11) is 1.43. The van der Waals surface area contributed by atoms with Gasteiger partial charge in [0.1, 0.15) is 12.4 Å². The molecular weight excluding hydrogens is 328 g/mol. The van der Waals surface area contributed by atoms with Crippen LogP contribution in [0, 0.1) is 6.92 Å². The Morgan fingerprint density at radius 2 is 1.82 bits per heavy atom. The Kier molecular flexibility index (Phi) is 5.05. The van der Waals surface area contributed by atoms with E-state index in [0.29, 0.717) is 5.56 Å². The highest BCUT2D eigenvalue weighted by Gasteiger charge is 2.14. The van der Waals surface area contributed by atoms with Crippen LogP contribution in [0.1, 0.15) is 11.1 Å². The van der Waals surface area contributed by atoms with E-state index >= 15 is 0 Å². The first-order chi connectivity index (χ1) is 10.4. The molecule has 0 aliphatic rings. The summed E-state index contributed by atoms with van der Waals surface area (Å²) < 4.78 is 32.4. The normalized spacial score (nSPS) is 11.0. The highest BCUT2D eigenvalue weighted by molar-refractivity contribution is 8.13. The van der Waals surface area contributed by atoms with Gasteiger partial charge in [0.2, 0.25) is 0 Å². The molecule has 0 radical (unpaired) electrons. The van der Waals surface area contributed by atoms with Crippen LogP contribution in [0.3, 0.4) is 0 Å². The molecule has 0 amide bonds. The van der Waals surface area contributed by atoms with E-state index in [0.717, 1.165) is 5.56 Å². The van der Waals surface area contributed by atoms with Crippen molar-refractivity contribution in [3.8, 4) is 5.75 Å². The minimum atomic E-state index is -3.82. The number of halogens is 1. The Hall–Kier alpha value is -2.05. The monoisotopic (exact) mass is 340 g/mol. The molecule has 0 aromatic heterocycles. The van der Waals surface area contributed by atoms with E-state index in [9.17, 15) is 13.2 Å². The molecule has 0 N–H and O–H groups in total. The molecule has 0 atom stereocenters. The van der Waals surface area contributed by atoms with Crippen LogP contribution in [0.25, 0.3) is 0 Å².